The predicted octanol–water partition coefficient (Wildman–Crippen LogP) is 3.09. The molecule has 0 bridgehead atoms. The van der Waals surface area contributed by atoms with Gasteiger partial charge in [-0.15, -0.1) is 0 Å². The average Bonchev–Trinajstić information content (AvgIpc) is 2.41. The Morgan fingerprint density at radius 2 is 2.20 bits per heavy atom. The Kier molecular flexibility index (Phi) is 7.55. The van der Waals surface area contributed by atoms with Gasteiger partial charge in [-0.3, -0.25) is 4.79 Å². The summed E-state index contributed by atoms with van der Waals surface area (Å²) in [5.41, 5.74) is 1.38. The van der Waals surface area contributed by atoms with Crippen molar-refractivity contribution in [2.75, 3.05) is 19.8 Å². The largest absolute Gasteiger partial charge is 0.381 e. The summed E-state index contributed by atoms with van der Waals surface area (Å²) >= 11 is 5.89. The van der Waals surface area contributed by atoms with E-state index in [1.807, 2.05) is 6.92 Å². The van der Waals surface area contributed by atoms with Gasteiger partial charge < -0.3 is 10.1 Å². The standard InChI is InChI=1S/C15H23ClN2O2/c1-4-13-8-12(9-14(16)18-13)15(19)17-6-5-7-20-10-11(2)3/h8-9,11H,4-7,10H2,1-3H3,(H,17,19). The minimum Gasteiger partial charge on any atom is -0.381 e. The predicted molar refractivity (Wildman–Crippen MR) is 81.2 cm³/mol. The number of carbonyl (C=O) groups is 1. The fourth-order valence-corrected chi connectivity index (χ4v) is 1.89. The first-order valence-electron chi connectivity index (χ1n) is 7.05. The summed E-state index contributed by atoms with van der Waals surface area (Å²) in [6.45, 7) is 8.22. The molecule has 1 aromatic rings. The number of rotatable bonds is 8. The molecule has 1 amide bonds. The number of ether oxygens (including phenoxy) is 1. The maximum absolute atomic E-state index is 12.0. The van der Waals surface area contributed by atoms with Crippen molar-refractivity contribution in [1.29, 1.82) is 0 Å². The third-order valence-electron chi connectivity index (χ3n) is 2.67. The van der Waals surface area contributed by atoms with Crippen LogP contribution in [0.15, 0.2) is 12.1 Å². The first kappa shape index (κ1) is 16.9. The molecule has 20 heavy (non-hydrogen) atoms. The highest BCUT2D eigenvalue weighted by atomic mass is 35.5. The molecule has 0 aliphatic heterocycles. The second-order valence-electron chi connectivity index (χ2n) is 5.10. The lowest BCUT2D eigenvalue weighted by atomic mass is 10.2. The molecule has 1 heterocycles. The van der Waals surface area contributed by atoms with Gasteiger partial charge in [-0.05, 0) is 30.9 Å². The van der Waals surface area contributed by atoms with Crippen molar-refractivity contribution in [3.05, 3.63) is 28.5 Å². The average molecular weight is 299 g/mol. The zero-order chi connectivity index (χ0) is 15.0. The van der Waals surface area contributed by atoms with Gasteiger partial charge in [0.15, 0.2) is 0 Å². The monoisotopic (exact) mass is 298 g/mol. The van der Waals surface area contributed by atoms with Crippen LogP contribution in [0.5, 0.6) is 0 Å². The van der Waals surface area contributed by atoms with Crippen LogP contribution in [-0.2, 0) is 11.2 Å². The van der Waals surface area contributed by atoms with Crippen LogP contribution >= 0.6 is 11.6 Å². The quantitative estimate of drug-likeness (QED) is 0.593. The van der Waals surface area contributed by atoms with Crippen molar-refractivity contribution < 1.29 is 9.53 Å². The van der Waals surface area contributed by atoms with E-state index in [1.54, 1.807) is 12.1 Å². The molecule has 4 nitrogen and oxygen atoms in total. The highest BCUT2D eigenvalue weighted by Gasteiger charge is 2.08. The van der Waals surface area contributed by atoms with Crippen molar-refractivity contribution in [2.24, 2.45) is 5.92 Å². The van der Waals surface area contributed by atoms with E-state index in [1.165, 1.54) is 0 Å². The van der Waals surface area contributed by atoms with Crippen molar-refractivity contribution in [1.82, 2.24) is 10.3 Å². The van der Waals surface area contributed by atoms with Crippen LogP contribution < -0.4 is 5.32 Å². The summed E-state index contributed by atoms with van der Waals surface area (Å²) < 4.78 is 5.46. The molecule has 0 atom stereocenters. The number of pyridine rings is 1. The zero-order valence-electron chi connectivity index (χ0n) is 12.4. The molecule has 0 saturated carbocycles. The summed E-state index contributed by atoms with van der Waals surface area (Å²) in [5, 5.41) is 3.22. The van der Waals surface area contributed by atoms with Gasteiger partial charge in [-0.1, -0.05) is 32.4 Å². The smallest absolute Gasteiger partial charge is 0.251 e. The molecule has 0 unspecified atom stereocenters. The van der Waals surface area contributed by atoms with E-state index >= 15 is 0 Å². The van der Waals surface area contributed by atoms with Gasteiger partial charge in [0.05, 0.1) is 0 Å². The number of hydrogen-bond donors (Lipinski definition) is 1. The lowest BCUT2D eigenvalue weighted by Gasteiger charge is -2.08. The van der Waals surface area contributed by atoms with Crippen LogP contribution in [0, 0.1) is 5.92 Å². The van der Waals surface area contributed by atoms with Gasteiger partial charge in [0.1, 0.15) is 5.15 Å². The second kappa shape index (κ2) is 8.93. The molecule has 0 aliphatic rings. The van der Waals surface area contributed by atoms with Crippen LogP contribution in [0.25, 0.3) is 0 Å². The van der Waals surface area contributed by atoms with E-state index in [0.29, 0.717) is 29.8 Å². The summed E-state index contributed by atoms with van der Waals surface area (Å²) in [4.78, 5) is 16.1. The highest BCUT2D eigenvalue weighted by molar-refractivity contribution is 6.29. The molecule has 5 heteroatoms. The van der Waals surface area contributed by atoms with Gasteiger partial charge in [0.2, 0.25) is 0 Å². The lowest BCUT2D eigenvalue weighted by molar-refractivity contribution is 0.0924. The van der Waals surface area contributed by atoms with E-state index in [2.05, 4.69) is 24.1 Å². The molecule has 1 rings (SSSR count). The number of amides is 1. The number of aryl methyl sites for hydroxylation is 1. The number of nitrogens with one attached hydrogen (secondary N) is 1. The third kappa shape index (κ3) is 6.35. The molecule has 0 aromatic carbocycles. The topological polar surface area (TPSA) is 51.2 Å². The Bertz CT molecular complexity index is 436. The van der Waals surface area contributed by atoms with E-state index in [-0.39, 0.29) is 5.91 Å². The zero-order valence-corrected chi connectivity index (χ0v) is 13.2. The summed E-state index contributed by atoms with van der Waals surface area (Å²) in [6.07, 6.45) is 1.56. The van der Waals surface area contributed by atoms with E-state index < -0.39 is 0 Å². The van der Waals surface area contributed by atoms with Crippen molar-refractivity contribution in [3.63, 3.8) is 0 Å². The molecule has 112 valence electrons. The van der Waals surface area contributed by atoms with Crippen molar-refractivity contribution in [2.45, 2.75) is 33.6 Å². The van der Waals surface area contributed by atoms with E-state index in [4.69, 9.17) is 16.3 Å². The normalized spacial score (nSPS) is 10.8. The van der Waals surface area contributed by atoms with Crippen LogP contribution in [0.4, 0.5) is 0 Å². The van der Waals surface area contributed by atoms with Crippen molar-refractivity contribution in [3.8, 4) is 0 Å². The molecule has 0 aliphatic carbocycles. The first-order valence-corrected chi connectivity index (χ1v) is 7.43. The van der Waals surface area contributed by atoms with Crippen molar-refractivity contribution >= 4 is 17.5 Å². The second-order valence-corrected chi connectivity index (χ2v) is 5.49. The maximum Gasteiger partial charge on any atom is 0.251 e. The Labute approximate surface area is 125 Å². The van der Waals surface area contributed by atoms with E-state index in [0.717, 1.165) is 25.1 Å². The van der Waals surface area contributed by atoms with Gasteiger partial charge in [0, 0.05) is 31.0 Å². The van der Waals surface area contributed by atoms with Gasteiger partial charge in [-0.2, -0.15) is 0 Å². The highest BCUT2D eigenvalue weighted by Crippen LogP contribution is 2.11. The lowest BCUT2D eigenvalue weighted by Crippen LogP contribution is -2.25. The van der Waals surface area contributed by atoms with Crippen LogP contribution in [0.2, 0.25) is 5.15 Å². The minimum absolute atomic E-state index is 0.118. The minimum atomic E-state index is -0.118. The summed E-state index contributed by atoms with van der Waals surface area (Å²) in [5.74, 6) is 0.420. The molecule has 1 N–H and O–H groups in total. The summed E-state index contributed by atoms with van der Waals surface area (Å²) in [6, 6.07) is 3.36. The Hall–Kier alpha value is -1.13. The summed E-state index contributed by atoms with van der Waals surface area (Å²) in [7, 11) is 0. The first-order chi connectivity index (χ1) is 9.52. The van der Waals surface area contributed by atoms with Gasteiger partial charge >= 0.3 is 0 Å². The van der Waals surface area contributed by atoms with Crippen LogP contribution in [-0.4, -0.2) is 30.6 Å². The number of hydrogen-bond acceptors (Lipinski definition) is 3. The van der Waals surface area contributed by atoms with E-state index in [9.17, 15) is 4.79 Å². The molecular formula is C15H23ClN2O2. The molecule has 0 fully saturated rings. The number of aromatic nitrogens is 1. The maximum atomic E-state index is 12.0. The number of halogens is 1. The van der Waals surface area contributed by atoms with Crippen LogP contribution in [0.1, 0.15) is 43.2 Å². The van der Waals surface area contributed by atoms with Crippen LogP contribution in [0.3, 0.4) is 0 Å². The van der Waals surface area contributed by atoms with Gasteiger partial charge in [-0.25, -0.2) is 4.98 Å². The van der Waals surface area contributed by atoms with Gasteiger partial charge in [0.25, 0.3) is 5.91 Å². The number of carbonyl (C=O) groups excluding carboxylic acids is 1. The Morgan fingerprint density at radius 1 is 1.45 bits per heavy atom. The molecule has 0 radical (unpaired) electrons. The fraction of sp³-hybridized carbons (Fsp3) is 0.600. The Balaban J connectivity index is 2.34. The molecular weight excluding hydrogens is 276 g/mol. The SMILES string of the molecule is CCc1cc(C(=O)NCCCOCC(C)C)cc(Cl)n1. The fourth-order valence-electron chi connectivity index (χ4n) is 1.66. The molecule has 1 aromatic heterocycles. The molecule has 0 spiro atoms. The Morgan fingerprint density at radius 3 is 2.85 bits per heavy atom. The molecule has 0 saturated heterocycles. The number of nitrogens with zero attached hydrogens (tertiary/aromatic N) is 1. The third-order valence-corrected chi connectivity index (χ3v) is 2.87.